The van der Waals surface area contributed by atoms with Gasteiger partial charge in [-0.25, -0.2) is 0 Å². The van der Waals surface area contributed by atoms with Gasteiger partial charge in [0.15, 0.2) is 0 Å². The molecule has 0 aliphatic rings. The normalized spacial score (nSPS) is 13.7. The van der Waals surface area contributed by atoms with Crippen LogP contribution in [0.3, 0.4) is 0 Å². The van der Waals surface area contributed by atoms with E-state index in [4.69, 9.17) is 5.11 Å². The van der Waals surface area contributed by atoms with Gasteiger partial charge >= 0.3 is 0 Å². The maximum absolute atomic E-state index is 9.00. The summed E-state index contributed by atoms with van der Waals surface area (Å²) in [6, 6.07) is 0. The largest absolute Gasteiger partial charge is 0.393 e. The standard InChI is InChI=1S/C8H16O/c1-3-5-6-7-8(9)4-2/h8-9H,1-7H2. The molecule has 0 heterocycles. The Morgan fingerprint density at radius 2 is 1.89 bits per heavy atom. The van der Waals surface area contributed by atoms with Gasteiger partial charge in [0, 0.05) is 0 Å². The molecule has 9 heavy (non-hydrogen) atoms. The van der Waals surface area contributed by atoms with Crippen LogP contribution in [0.1, 0.15) is 32.1 Å². The minimum absolute atomic E-state index is 0.184. The summed E-state index contributed by atoms with van der Waals surface area (Å²) in [5.74, 6) is 0. The lowest BCUT2D eigenvalue weighted by molar-refractivity contribution is 0.163. The Hall–Kier alpha value is -0.0400. The van der Waals surface area contributed by atoms with Gasteiger partial charge in [0.2, 0.25) is 0 Å². The first kappa shape index (κ1) is 8.96. The fraction of sp³-hybridized carbons (Fsp3) is 0.750. The quantitative estimate of drug-likeness (QED) is 0.561. The highest BCUT2D eigenvalue weighted by atomic mass is 16.3. The SMILES string of the molecule is [CH2]CCCCC(O)C[CH2]. The van der Waals surface area contributed by atoms with Crippen molar-refractivity contribution in [2.75, 3.05) is 0 Å². The third kappa shape index (κ3) is 5.84. The average molecular weight is 128 g/mol. The molecule has 0 aliphatic carbocycles. The molecule has 0 aromatic rings. The first-order chi connectivity index (χ1) is 4.31. The van der Waals surface area contributed by atoms with E-state index in [1.165, 1.54) is 0 Å². The number of hydrogen-bond acceptors (Lipinski definition) is 1. The highest BCUT2D eigenvalue weighted by Crippen LogP contribution is 2.04. The zero-order valence-electron chi connectivity index (χ0n) is 5.97. The van der Waals surface area contributed by atoms with Crippen LogP contribution in [0.5, 0.6) is 0 Å². The molecule has 1 heteroatoms. The minimum atomic E-state index is -0.184. The van der Waals surface area contributed by atoms with Crippen molar-refractivity contribution in [2.24, 2.45) is 0 Å². The van der Waals surface area contributed by atoms with E-state index in [1.54, 1.807) is 0 Å². The van der Waals surface area contributed by atoms with Crippen molar-refractivity contribution in [1.82, 2.24) is 0 Å². The second kappa shape index (κ2) is 6.09. The lowest BCUT2D eigenvalue weighted by Gasteiger charge is -2.04. The number of rotatable bonds is 5. The van der Waals surface area contributed by atoms with Crippen molar-refractivity contribution in [3.63, 3.8) is 0 Å². The second-order valence-corrected chi connectivity index (χ2v) is 2.29. The van der Waals surface area contributed by atoms with Crippen LogP contribution in [0, 0.1) is 13.8 Å². The van der Waals surface area contributed by atoms with E-state index in [0.29, 0.717) is 6.42 Å². The maximum atomic E-state index is 9.00. The molecule has 1 nitrogen and oxygen atoms in total. The molecule has 0 amide bonds. The van der Waals surface area contributed by atoms with Crippen molar-refractivity contribution in [1.29, 1.82) is 0 Å². The second-order valence-electron chi connectivity index (χ2n) is 2.29. The van der Waals surface area contributed by atoms with Gasteiger partial charge in [-0.05, 0) is 12.8 Å². The van der Waals surface area contributed by atoms with Crippen LogP contribution in [0.15, 0.2) is 0 Å². The smallest absolute Gasteiger partial charge is 0.0540 e. The van der Waals surface area contributed by atoms with E-state index < -0.39 is 0 Å². The predicted molar refractivity (Wildman–Crippen MR) is 39.8 cm³/mol. The van der Waals surface area contributed by atoms with Crippen LogP contribution in [0.4, 0.5) is 0 Å². The third-order valence-corrected chi connectivity index (χ3v) is 1.37. The summed E-state index contributed by atoms with van der Waals surface area (Å²) in [7, 11) is 0. The topological polar surface area (TPSA) is 20.2 Å². The molecule has 0 saturated carbocycles. The van der Waals surface area contributed by atoms with Crippen molar-refractivity contribution in [2.45, 2.75) is 38.2 Å². The van der Waals surface area contributed by atoms with Crippen LogP contribution in [-0.2, 0) is 0 Å². The van der Waals surface area contributed by atoms with E-state index in [1.807, 2.05) is 0 Å². The summed E-state index contributed by atoms with van der Waals surface area (Å²) in [5, 5.41) is 9.00. The Balaban J connectivity index is 2.88. The predicted octanol–water partition coefficient (Wildman–Crippen LogP) is 1.97. The van der Waals surface area contributed by atoms with Crippen molar-refractivity contribution in [3.05, 3.63) is 13.8 Å². The van der Waals surface area contributed by atoms with E-state index in [0.717, 1.165) is 25.7 Å². The summed E-state index contributed by atoms with van der Waals surface area (Å²) >= 11 is 0. The van der Waals surface area contributed by atoms with Crippen LogP contribution < -0.4 is 0 Å². The van der Waals surface area contributed by atoms with Gasteiger partial charge in [-0.1, -0.05) is 33.1 Å². The monoisotopic (exact) mass is 128 g/mol. The van der Waals surface area contributed by atoms with Gasteiger partial charge in [0.1, 0.15) is 0 Å². The minimum Gasteiger partial charge on any atom is -0.393 e. The fourth-order valence-electron chi connectivity index (χ4n) is 0.701. The number of hydrogen-bond donors (Lipinski definition) is 1. The molecule has 0 spiro atoms. The number of aliphatic hydroxyl groups is 1. The zero-order valence-corrected chi connectivity index (χ0v) is 5.97. The first-order valence-electron chi connectivity index (χ1n) is 3.57. The van der Waals surface area contributed by atoms with Crippen LogP contribution >= 0.6 is 0 Å². The van der Waals surface area contributed by atoms with Gasteiger partial charge in [0.05, 0.1) is 6.10 Å². The van der Waals surface area contributed by atoms with E-state index >= 15 is 0 Å². The molecule has 54 valence electrons. The van der Waals surface area contributed by atoms with E-state index in [2.05, 4.69) is 13.8 Å². The Bertz CT molecular complexity index is 52.5. The molecule has 0 aromatic heterocycles. The molecule has 2 radical (unpaired) electrons. The van der Waals surface area contributed by atoms with Crippen molar-refractivity contribution in [3.8, 4) is 0 Å². The van der Waals surface area contributed by atoms with Crippen LogP contribution in [0.2, 0.25) is 0 Å². The number of aliphatic hydroxyl groups excluding tert-OH is 1. The van der Waals surface area contributed by atoms with Gasteiger partial charge < -0.3 is 5.11 Å². The lowest BCUT2D eigenvalue weighted by Crippen LogP contribution is -2.03. The molecule has 0 bridgehead atoms. The Kier molecular flexibility index (Phi) is 6.06. The van der Waals surface area contributed by atoms with E-state index in [-0.39, 0.29) is 6.10 Å². The highest BCUT2D eigenvalue weighted by molar-refractivity contribution is 4.56. The summed E-state index contributed by atoms with van der Waals surface area (Å²) in [4.78, 5) is 0. The Labute approximate surface area is 58.1 Å². The van der Waals surface area contributed by atoms with Crippen molar-refractivity contribution < 1.29 is 5.11 Å². The molecular formula is C8H16O. The van der Waals surface area contributed by atoms with Crippen LogP contribution in [-0.4, -0.2) is 11.2 Å². The summed E-state index contributed by atoms with van der Waals surface area (Å²) in [5.41, 5.74) is 0. The van der Waals surface area contributed by atoms with Crippen LogP contribution in [0.25, 0.3) is 0 Å². The van der Waals surface area contributed by atoms with Gasteiger partial charge in [0.25, 0.3) is 0 Å². The van der Waals surface area contributed by atoms with Gasteiger partial charge in [-0.15, -0.1) is 0 Å². The molecule has 0 rings (SSSR count). The molecule has 0 aromatic carbocycles. The zero-order chi connectivity index (χ0) is 7.11. The van der Waals surface area contributed by atoms with Gasteiger partial charge in [-0.2, -0.15) is 0 Å². The molecule has 1 N–H and O–H groups in total. The Morgan fingerprint density at radius 1 is 1.22 bits per heavy atom. The molecule has 0 aliphatic heterocycles. The first-order valence-corrected chi connectivity index (χ1v) is 3.57. The third-order valence-electron chi connectivity index (χ3n) is 1.37. The maximum Gasteiger partial charge on any atom is 0.0540 e. The van der Waals surface area contributed by atoms with E-state index in [9.17, 15) is 0 Å². The molecule has 1 unspecified atom stereocenters. The highest BCUT2D eigenvalue weighted by Gasteiger charge is 1.97. The molecular weight excluding hydrogens is 112 g/mol. The fourth-order valence-corrected chi connectivity index (χ4v) is 0.701. The molecule has 1 atom stereocenters. The molecule has 0 fully saturated rings. The number of unbranched alkanes of at least 4 members (excludes halogenated alkanes) is 2. The summed E-state index contributed by atoms with van der Waals surface area (Å²) < 4.78 is 0. The van der Waals surface area contributed by atoms with Crippen molar-refractivity contribution >= 4 is 0 Å². The summed E-state index contributed by atoms with van der Waals surface area (Å²) in [6.45, 7) is 7.31. The lowest BCUT2D eigenvalue weighted by atomic mass is 10.1. The average Bonchev–Trinajstić information content (AvgIpc) is 1.89. The summed E-state index contributed by atoms with van der Waals surface area (Å²) in [6.07, 6.45) is 4.52. The van der Waals surface area contributed by atoms with Gasteiger partial charge in [-0.3, -0.25) is 0 Å². The molecule has 0 saturated heterocycles. The Morgan fingerprint density at radius 3 is 2.33 bits per heavy atom.